The first-order valence-electron chi connectivity index (χ1n) is 7.61. The molecule has 2 N–H and O–H groups in total. The van der Waals surface area contributed by atoms with Crippen molar-refractivity contribution in [2.24, 2.45) is 0 Å². The Labute approximate surface area is 151 Å². The molecule has 2 aromatic rings. The van der Waals surface area contributed by atoms with Gasteiger partial charge in [-0.25, -0.2) is 0 Å². The van der Waals surface area contributed by atoms with Crippen molar-refractivity contribution < 1.29 is 19.1 Å². The number of hydrazine groups is 1. The molecule has 0 radical (unpaired) electrons. The number of ether oxygens (including phenoxy) is 2. The zero-order valence-electron chi connectivity index (χ0n) is 14.0. The highest BCUT2D eigenvalue weighted by molar-refractivity contribution is 6.30. The first-order valence-corrected chi connectivity index (χ1v) is 7.98. The molecule has 7 heteroatoms. The molecule has 0 spiro atoms. The maximum atomic E-state index is 11.7. The van der Waals surface area contributed by atoms with Crippen molar-refractivity contribution >= 4 is 23.4 Å². The second kappa shape index (κ2) is 8.94. The monoisotopic (exact) mass is 362 g/mol. The quantitative estimate of drug-likeness (QED) is 0.774. The Hall–Kier alpha value is -2.73. The van der Waals surface area contributed by atoms with E-state index in [0.717, 1.165) is 11.1 Å². The third-order valence-corrected chi connectivity index (χ3v) is 3.53. The minimum Gasteiger partial charge on any atom is -0.484 e. The van der Waals surface area contributed by atoms with Crippen molar-refractivity contribution in [1.29, 1.82) is 0 Å². The van der Waals surface area contributed by atoms with Crippen LogP contribution in [0.3, 0.4) is 0 Å². The van der Waals surface area contributed by atoms with Crippen molar-refractivity contribution in [3.63, 3.8) is 0 Å². The molecule has 0 unspecified atom stereocenters. The molecule has 132 valence electrons. The lowest BCUT2D eigenvalue weighted by atomic mass is 10.1. The maximum absolute atomic E-state index is 11.7. The fourth-order valence-electron chi connectivity index (χ4n) is 2.06. The molecule has 0 saturated carbocycles. The van der Waals surface area contributed by atoms with Crippen LogP contribution in [-0.2, 0) is 9.59 Å². The highest BCUT2D eigenvalue weighted by Crippen LogP contribution is 2.21. The van der Waals surface area contributed by atoms with Crippen LogP contribution in [0.4, 0.5) is 0 Å². The van der Waals surface area contributed by atoms with Gasteiger partial charge in [-0.05, 0) is 49.2 Å². The average molecular weight is 363 g/mol. The smallest absolute Gasteiger partial charge is 0.276 e. The summed E-state index contributed by atoms with van der Waals surface area (Å²) in [5, 5.41) is 0.577. The Kier molecular flexibility index (Phi) is 6.65. The van der Waals surface area contributed by atoms with E-state index in [4.69, 9.17) is 21.1 Å². The number of hydrogen-bond acceptors (Lipinski definition) is 4. The summed E-state index contributed by atoms with van der Waals surface area (Å²) in [5.74, 6) is 0.206. The van der Waals surface area contributed by atoms with Crippen molar-refractivity contribution in [3.05, 3.63) is 58.6 Å². The molecule has 0 saturated heterocycles. The molecule has 0 atom stereocenters. The molecule has 0 aliphatic heterocycles. The van der Waals surface area contributed by atoms with Gasteiger partial charge in [-0.1, -0.05) is 29.8 Å². The lowest BCUT2D eigenvalue weighted by Gasteiger charge is -2.12. The molecule has 0 heterocycles. The number of amides is 2. The van der Waals surface area contributed by atoms with E-state index in [1.807, 2.05) is 32.0 Å². The van der Waals surface area contributed by atoms with Crippen LogP contribution in [0.25, 0.3) is 0 Å². The number of benzene rings is 2. The Morgan fingerprint density at radius 3 is 1.96 bits per heavy atom. The largest absolute Gasteiger partial charge is 0.484 e. The lowest BCUT2D eigenvalue weighted by Crippen LogP contribution is -2.45. The third-order valence-electron chi connectivity index (χ3n) is 3.28. The van der Waals surface area contributed by atoms with Crippen LogP contribution in [0.1, 0.15) is 11.1 Å². The molecule has 0 aliphatic rings. The normalized spacial score (nSPS) is 10.0. The predicted molar refractivity (Wildman–Crippen MR) is 94.6 cm³/mol. The second-order valence-electron chi connectivity index (χ2n) is 5.35. The average Bonchev–Trinajstić information content (AvgIpc) is 2.59. The van der Waals surface area contributed by atoms with Crippen LogP contribution < -0.4 is 20.3 Å². The third kappa shape index (κ3) is 6.00. The van der Waals surface area contributed by atoms with Gasteiger partial charge >= 0.3 is 0 Å². The summed E-state index contributed by atoms with van der Waals surface area (Å²) in [6.45, 7) is 3.36. The van der Waals surface area contributed by atoms with Gasteiger partial charge in [0.1, 0.15) is 11.5 Å². The molecule has 0 fully saturated rings. The zero-order valence-corrected chi connectivity index (χ0v) is 14.7. The summed E-state index contributed by atoms with van der Waals surface area (Å²) in [5.41, 5.74) is 6.41. The van der Waals surface area contributed by atoms with E-state index in [1.165, 1.54) is 0 Å². The van der Waals surface area contributed by atoms with E-state index < -0.39 is 11.8 Å². The van der Waals surface area contributed by atoms with Gasteiger partial charge in [-0.15, -0.1) is 0 Å². The maximum Gasteiger partial charge on any atom is 0.276 e. The number of hydrogen-bond donors (Lipinski definition) is 2. The summed E-state index contributed by atoms with van der Waals surface area (Å²) < 4.78 is 10.8. The summed E-state index contributed by atoms with van der Waals surface area (Å²) in [4.78, 5) is 23.4. The number of carbonyl (C=O) groups is 2. The van der Waals surface area contributed by atoms with E-state index in [0.29, 0.717) is 16.5 Å². The molecule has 25 heavy (non-hydrogen) atoms. The van der Waals surface area contributed by atoms with Gasteiger partial charge in [0.05, 0.1) is 0 Å². The van der Waals surface area contributed by atoms with Gasteiger partial charge in [-0.2, -0.15) is 0 Å². The lowest BCUT2D eigenvalue weighted by molar-refractivity contribution is -0.131. The zero-order chi connectivity index (χ0) is 18.2. The van der Waals surface area contributed by atoms with Crippen LogP contribution in [0.15, 0.2) is 42.5 Å². The van der Waals surface area contributed by atoms with Gasteiger partial charge in [0.25, 0.3) is 11.8 Å². The standard InChI is InChI=1S/C18H19ClN2O4/c1-12-4-3-5-13(2)18(12)25-11-17(23)21-20-16(22)10-24-15-8-6-14(19)7-9-15/h3-9H,10-11H2,1-2H3,(H,20,22)(H,21,23). The highest BCUT2D eigenvalue weighted by Gasteiger charge is 2.09. The van der Waals surface area contributed by atoms with E-state index in [9.17, 15) is 9.59 Å². The first-order chi connectivity index (χ1) is 12.0. The molecule has 2 aromatic carbocycles. The summed E-state index contributed by atoms with van der Waals surface area (Å²) in [6.07, 6.45) is 0. The number of para-hydroxylation sites is 1. The molecular weight excluding hydrogens is 344 g/mol. The van der Waals surface area contributed by atoms with E-state index in [2.05, 4.69) is 10.9 Å². The number of nitrogens with one attached hydrogen (secondary N) is 2. The number of rotatable bonds is 6. The summed E-state index contributed by atoms with van der Waals surface area (Å²) in [6, 6.07) is 12.3. The Balaban J connectivity index is 1.70. The number of carbonyl (C=O) groups excluding carboxylic acids is 2. The summed E-state index contributed by atoms with van der Waals surface area (Å²) >= 11 is 5.76. The Morgan fingerprint density at radius 2 is 1.40 bits per heavy atom. The van der Waals surface area contributed by atoms with Crippen LogP contribution in [0.5, 0.6) is 11.5 Å². The van der Waals surface area contributed by atoms with Crippen molar-refractivity contribution in [2.75, 3.05) is 13.2 Å². The molecule has 0 aliphatic carbocycles. The Bertz CT molecular complexity index is 727. The van der Waals surface area contributed by atoms with Gasteiger partial charge in [0.15, 0.2) is 13.2 Å². The molecule has 2 amide bonds. The van der Waals surface area contributed by atoms with Gasteiger partial charge in [0, 0.05) is 5.02 Å². The molecule has 0 aromatic heterocycles. The van der Waals surface area contributed by atoms with Crippen LogP contribution in [-0.4, -0.2) is 25.0 Å². The summed E-state index contributed by atoms with van der Waals surface area (Å²) in [7, 11) is 0. The van der Waals surface area contributed by atoms with E-state index >= 15 is 0 Å². The van der Waals surface area contributed by atoms with Gasteiger partial charge < -0.3 is 9.47 Å². The molecule has 2 rings (SSSR count). The highest BCUT2D eigenvalue weighted by atomic mass is 35.5. The SMILES string of the molecule is Cc1cccc(C)c1OCC(=O)NNC(=O)COc1ccc(Cl)cc1. The second-order valence-corrected chi connectivity index (χ2v) is 5.78. The van der Waals surface area contributed by atoms with Crippen molar-refractivity contribution in [3.8, 4) is 11.5 Å². The topological polar surface area (TPSA) is 76.7 Å². The predicted octanol–water partition coefficient (Wildman–Crippen LogP) is 2.56. The van der Waals surface area contributed by atoms with Crippen LogP contribution in [0.2, 0.25) is 5.02 Å². The number of aryl methyl sites for hydroxylation is 2. The molecular formula is C18H19ClN2O4. The fourth-order valence-corrected chi connectivity index (χ4v) is 2.18. The minimum absolute atomic E-state index is 0.204. The minimum atomic E-state index is -0.490. The van der Waals surface area contributed by atoms with Gasteiger partial charge in [-0.3, -0.25) is 20.4 Å². The van der Waals surface area contributed by atoms with Crippen LogP contribution in [0, 0.1) is 13.8 Å². The molecule has 6 nitrogen and oxygen atoms in total. The van der Waals surface area contributed by atoms with E-state index in [1.54, 1.807) is 24.3 Å². The van der Waals surface area contributed by atoms with Crippen molar-refractivity contribution in [2.45, 2.75) is 13.8 Å². The Morgan fingerprint density at radius 1 is 0.880 bits per heavy atom. The first kappa shape index (κ1) is 18.6. The van der Waals surface area contributed by atoms with Gasteiger partial charge in [0.2, 0.25) is 0 Å². The number of halogens is 1. The molecule has 0 bridgehead atoms. The van der Waals surface area contributed by atoms with Crippen molar-refractivity contribution in [1.82, 2.24) is 10.9 Å². The van der Waals surface area contributed by atoms with Crippen LogP contribution >= 0.6 is 11.6 Å². The van der Waals surface area contributed by atoms with E-state index in [-0.39, 0.29) is 13.2 Å². The fraction of sp³-hybridized carbons (Fsp3) is 0.222.